The van der Waals surface area contributed by atoms with E-state index in [0.717, 1.165) is 0 Å². The second-order valence-corrected chi connectivity index (χ2v) is 4.03. The average Bonchev–Trinajstić information content (AvgIpc) is 2.43. The lowest BCUT2D eigenvalue weighted by Crippen LogP contribution is -2.19. The third kappa shape index (κ3) is 3.98. The summed E-state index contributed by atoms with van der Waals surface area (Å²) in [5, 5.41) is 9.18. The first-order chi connectivity index (χ1) is 9.47. The van der Waals surface area contributed by atoms with Gasteiger partial charge in [-0.15, -0.1) is 0 Å². The van der Waals surface area contributed by atoms with Crippen molar-refractivity contribution in [3.8, 4) is 5.75 Å². The van der Waals surface area contributed by atoms with Gasteiger partial charge in [0.05, 0.1) is 7.11 Å². The molecule has 1 rings (SSSR count). The van der Waals surface area contributed by atoms with Gasteiger partial charge in [-0.2, -0.15) is 0 Å². The lowest BCUT2D eigenvalue weighted by Gasteiger charge is -2.11. The number of hydrogen-bond donors (Lipinski definition) is 1. The van der Waals surface area contributed by atoms with Crippen LogP contribution in [0.4, 0.5) is 0 Å². The highest BCUT2D eigenvalue weighted by Gasteiger charge is 2.22. The highest BCUT2D eigenvalue weighted by molar-refractivity contribution is 6.10. The van der Waals surface area contributed by atoms with Crippen LogP contribution >= 0.6 is 0 Å². The third-order valence-corrected chi connectivity index (χ3v) is 2.46. The summed E-state index contributed by atoms with van der Waals surface area (Å²) in [6.07, 6.45) is 0. The maximum absolute atomic E-state index is 11.8. The molecule has 0 aromatic heterocycles. The van der Waals surface area contributed by atoms with Crippen LogP contribution < -0.4 is 4.74 Å². The molecule has 0 saturated heterocycles. The van der Waals surface area contributed by atoms with Gasteiger partial charge in [-0.05, 0) is 24.6 Å². The number of rotatable bonds is 7. The molecular formula is C15H16O5. The minimum absolute atomic E-state index is 0.195. The molecule has 0 fully saturated rings. The number of ether oxygens (including phenoxy) is 2. The first-order valence-electron chi connectivity index (χ1n) is 5.85. The van der Waals surface area contributed by atoms with Crippen LogP contribution in [-0.4, -0.2) is 30.6 Å². The van der Waals surface area contributed by atoms with Gasteiger partial charge in [-0.3, -0.25) is 4.79 Å². The van der Waals surface area contributed by atoms with Crippen LogP contribution in [0.25, 0.3) is 0 Å². The van der Waals surface area contributed by atoms with Gasteiger partial charge in [0.2, 0.25) is 5.78 Å². The van der Waals surface area contributed by atoms with Crippen LogP contribution in [0.5, 0.6) is 5.75 Å². The predicted octanol–water partition coefficient (Wildman–Crippen LogP) is 2.20. The zero-order chi connectivity index (χ0) is 15.1. The Kier molecular flexibility index (Phi) is 5.53. The molecule has 1 aromatic carbocycles. The van der Waals surface area contributed by atoms with Crippen molar-refractivity contribution in [3.05, 3.63) is 53.8 Å². The molecule has 0 aliphatic carbocycles. The van der Waals surface area contributed by atoms with Crippen molar-refractivity contribution in [2.45, 2.75) is 6.92 Å². The van der Waals surface area contributed by atoms with Gasteiger partial charge in [0.1, 0.15) is 17.9 Å². The van der Waals surface area contributed by atoms with E-state index in [1.807, 2.05) is 6.07 Å². The average molecular weight is 276 g/mol. The lowest BCUT2D eigenvalue weighted by atomic mass is 10.1. The molecule has 0 unspecified atom stereocenters. The maximum atomic E-state index is 11.8. The van der Waals surface area contributed by atoms with Crippen molar-refractivity contribution < 1.29 is 24.2 Å². The minimum Gasteiger partial charge on any atom is -0.492 e. The van der Waals surface area contributed by atoms with Gasteiger partial charge in [0.25, 0.3) is 0 Å². The number of ketones is 1. The van der Waals surface area contributed by atoms with Crippen LogP contribution in [0, 0.1) is 0 Å². The van der Waals surface area contributed by atoms with E-state index in [4.69, 9.17) is 9.47 Å². The zero-order valence-electron chi connectivity index (χ0n) is 11.4. The van der Waals surface area contributed by atoms with E-state index in [1.165, 1.54) is 14.0 Å². The molecule has 20 heavy (non-hydrogen) atoms. The Morgan fingerprint density at radius 2 is 1.85 bits per heavy atom. The fraction of sp³-hybridized carbons (Fsp3) is 0.200. The summed E-state index contributed by atoms with van der Waals surface area (Å²) in [5.74, 6) is -1.58. The summed E-state index contributed by atoms with van der Waals surface area (Å²) >= 11 is 0. The summed E-state index contributed by atoms with van der Waals surface area (Å²) in [5.41, 5.74) is -0.0512. The standard InChI is InChI=1S/C15H16O5/c1-10(2)13(16)14(19-3)12(15(17)18)9-20-11-7-5-4-6-8-11/h4-8H,1,9H2,2-3H3,(H,17,18). The van der Waals surface area contributed by atoms with Crippen molar-refractivity contribution in [2.24, 2.45) is 0 Å². The van der Waals surface area contributed by atoms with Gasteiger partial charge < -0.3 is 14.6 Å². The van der Waals surface area contributed by atoms with Crippen LogP contribution in [0.3, 0.4) is 0 Å². The number of carbonyl (C=O) groups is 2. The number of Topliss-reactive ketones (excluding diaryl/α,β-unsaturated/α-hetero) is 1. The molecule has 0 spiro atoms. The Bertz CT molecular complexity index is 543. The molecule has 0 radical (unpaired) electrons. The van der Waals surface area contributed by atoms with Crippen molar-refractivity contribution in [1.29, 1.82) is 0 Å². The normalized spacial score (nSPS) is 11.3. The molecule has 0 amide bonds. The monoisotopic (exact) mass is 276 g/mol. The number of benzene rings is 1. The summed E-state index contributed by atoms with van der Waals surface area (Å²) in [6, 6.07) is 8.70. The quantitative estimate of drug-likeness (QED) is 0.610. The highest BCUT2D eigenvalue weighted by Crippen LogP contribution is 2.15. The van der Waals surface area contributed by atoms with E-state index in [-0.39, 0.29) is 23.5 Å². The smallest absolute Gasteiger partial charge is 0.339 e. The van der Waals surface area contributed by atoms with Crippen LogP contribution in [-0.2, 0) is 14.3 Å². The molecule has 0 heterocycles. The summed E-state index contributed by atoms with van der Waals surface area (Å²) in [4.78, 5) is 23.1. The van der Waals surface area contributed by atoms with Crippen molar-refractivity contribution in [3.63, 3.8) is 0 Å². The van der Waals surface area contributed by atoms with Gasteiger partial charge >= 0.3 is 5.97 Å². The number of carbonyl (C=O) groups excluding carboxylic acids is 1. The van der Waals surface area contributed by atoms with E-state index >= 15 is 0 Å². The fourth-order valence-corrected chi connectivity index (χ4v) is 1.44. The molecule has 1 aromatic rings. The Hall–Kier alpha value is -2.56. The summed E-state index contributed by atoms with van der Waals surface area (Å²) in [6.45, 7) is 4.70. The molecular weight excluding hydrogens is 260 g/mol. The molecule has 0 saturated carbocycles. The zero-order valence-corrected chi connectivity index (χ0v) is 11.4. The van der Waals surface area contributed by atoms with E-state index in [0.29, 0.717) is 5.75 Å². The number of aliphatic carboxylic acids is 1. The molecule has 5 heteroatoms. The first kappa shape index (κ1) is 15.5. The Morgan fingerprint density at radius 1 is 1.25 bits per heavy atom. The van der Waals surface area contributed by atoms with Crippen LogP contribution in [0.15, 0.2) is 53.8 Å². The number of methoxy groups -OCH3 is 1. The lowest BCUT2D eigenvalue weighted by molar-refractivity contribution is -0.133. The Balaban J connectivity index is 3.00. The third-order valence-electron chi connectivity index (χ3n) is 2.46. The summed E-state index contributed by atoms with van der Waals surface area (Å²) < 4.78 is 10.2. The molecule has 0 bridgehead atoms. The van der Waals surface area contributed by atoms with Crippen molar-refractivity contribution in [2.75, 3.05) is 13.7 Å². The number of carboxylic acid groups (broad SMARTS) is 1. The highest BCUT2D eigenvalue weighted by atomic mass is 16.5. The van der Waals surface area contributed by atoms with Gasteiger partial charge in [0, 0.05) is 0 Å². The Labute approximate surface area is 117 Å². The molecule has 5 nitrogen and oxygen atoms in total. The van der Waals surface area contributed by atoms with E-state index in [2.05, 4.69) is 6.58 Å². The van der Waals surface area contributed by atoms with Crippen LogP contribution in [0.2, 0.25) is 0 Å². The maximum Gasteiger partial charge on any atom is 0.339 e. The molecule has 1 N–H and O–H groups in total. The van der Waals surface area contributed by atoms with E-state index in [9.17, 15) is 14.7 Å². The second kappa shape index (κ2) is 7.13. The van der Waals surface area contributed by atoms with Gasteiger partial charge in [-0.25, -0.2) is 4.79 Å². The number of allylic oxidation sites excluding steroid dienone is 1. The van der Waals surface area contributed by atoms with Crippen molar-refractivity contribution in [1.82, 2.24) is 0 Å². The predicted molar refractivity (Wildman–Crippen MR) is 73.4 cm³/mol. The number of hydrogen-bond acceptors (Lipinski definition) is 4. The molecule has 0 atom stereocenters. The van der Waals surface area contributed by atoms with Crippen LogP contribution in [0.1, 0.15) is 6.92 Å². The molecule has 0 aliphatic heterocycles. The van der Waals surface area contributed by atoms with Gasteiger partial charge in [-0.1, -0.05) is 24.8 Å². The Morgan fingerprint density at radius 3 is 2.30 bits per heavy atom. The minimum atomic E-state index is -1.27. The van der Waals surface area contributed by atoms with Crippen molar-refractivity contribution >= 4 is 11.8 Å². The fourth-order valence-electron chi connectivity index (χ4n) is 1.44. The number of carboxylic acids is 1. The number of para-hydroxylation sites is 1. The molecule has 0 aliphatic rings. The molecule has 106 valence electrons. The van der Waals surface area contributed by atoms with E-state index in [1.54, 1.807) is 24.3 Å². The topological polar surface area (TPSA) is 72.8 Å². The summed E-state index contributed by atoms with van der Waals surface area (Å²) in [7, 11) is 1.24. The second-order valence-electron chi connectivity index (χ2n) is 4.03. The largest absolute Gasteiger partial charge is 0.492 e. The van der Waals surface area contributed by atoms with E-state index < -0.39 is 11.8 Å². The SMILES string of the molecule is C=C(C)C(=O)C(OC)=C(COc1ccccc1)C(=O)O. The first-order valence-corrected chi connectivity index (χ1v) is 5.85. The van der Waals surface area contributed by atoms with Gasteiger partial charge in [0.15, 0.2) is 5.76 Å².